The van der Waals surface area contributed by atoms with Crippen molar-refractivity contribution in [2.24, 2.45) is 0 Å². The van der Waals surface area contributed by atoms with E-state index < -0.39 is 0 Å². The van der Waals surface area contributed by atoms with Gasteiger partial charge in [-0.05, 0) is 19.0 Å². The van der Waals surface area contributed by atoms with E-state index in [-0.39, 0.29) is 6.61 Å². The molecule has 0 aliphatic carbocycles. The van der Waals surface area contributed by atoms with Gasteiger partial charge in [-0.1, -0.05) is 6.92 Å². The summed E-state index contributed by atoms with van der Waals surface area (Å²) in [5, 5.41) is 19.5. The molecule has 0 amide bonds. The first-order chi connectivity index (χ1) is 7.30. The lowest BCUT2D eigenvalue weighted by Crippen LogP contribution is -2.26. The molecule has 1 aromatic heterocycles. The lowest BCUT2D eigenvalue weighted by Gasteiger charge is -2.19. The quantitative estimate of drug-likeness (QED) is 0.802. The van der Waals surface area contributed by atoms with E-state index in [1.54, 1.807) is 11.3 Å². The molecule has 82 valence electrons. The molecule has 0 aliphatic heterocycles. The molecular formula is C11H16N2OS. The Kier molecular flexibility index (Phi) is 5.33. The van der Waals surface area contributed by atoms with E-state index in [1.807, 2.05) is 11.4 Å². The van der Waals surface area contributed by atoms with Crippen LogP contribution in [0.3, 0.4) is 0 Å². The van der Waals surface area contributed by atoms with Gasteiger partial charge in [-0.2, -0.15) is 5.26 Å². The van der Waals surface area contributed by atoms with E-state index in [9.17, 15) is 0 Å². The first-order valence-electron chi connectivity index (χ1n) is 5.11. The zero-order valence-electron chi connectivity index (χ0n) is 8.94. The molecular weight excluding hydrogens is 208 g/mol. The normalized spacial score (nSPS) is 10.5. The highest BCUT2D eigenvalue weighted by molar-refractivity contribution is 7.10. The molecule has 4 heteroatoms. The van der Waals surface area contributed by atoms with Crippen molar-refractivity contribution >= 4 is 11.3 Å². The first kappa shape index (κ1) is 12.2. The van der Waals surface area contributed by atoms with Crippen LogP contribution in [0.25, 0.3) is 0 Å². The Hall–Kier alpha value is -0.890. The van der Waals surface area contributed by atoms with Gasteiger partial charge in [0, 0.05) is 23.3 Å². The van der Waals surface area contributed by atoms with Crippen molar-refractivity contribution in [2.45, 2.75) is 19.9 Å². The molecule has 0 unspecified atom stereocenters. The summed E-state index contributed by atoms with van der Waals surface area (Å²) >= 11 is 1.61. The largest absolute Gasteiger partial charge is 0.395 e. The van der Waals surface area contributed by atoms with Gasteiger partial charge < -0.3 is 5.11 Å². The fourth-order valence-electron chi connectivity index (χ4n) is 1.47. The number of hydrogen-bond donors (Lipinski definition) is 1. The lowest BCUT2D eigenvalue weighted by molar-refractivity contribution is 0.191. The van der Waals surface area contributed by atoms with Crippen LogP contribution >= 0.6 is 11.3 Å². The maximum Gasteiger partial charge on any atom is 0.100 e. The Labute approximate surface area is 94.6 Å². The van der Waals surface area contributed by atoms with Gasteiger partial charge in [-0.25, -0.2) is 0 Å². The van der Waals surface area contributed by atoms with Gasteiger partial charge in [0.25, 0.3) is 0 Å². The standard InChI is InChI=1S/C11H16N2OS/c1-2-3-13(4-5-14)8-11-6-10(7-12)9-15-11/h6,9,14H,2-5,8H2,1H3. The molecule has 1 N–H and O–H groups in total. The van der Waals surface area contributed by atoms with Gasteiger partial charge in [0.05, 0.1) is 12.2 Å². The molecule has 0 spiro atoms. The average Bonchev–Trinajstić information content (AvgIpc) is 2.66. The molecule has 1 heterocycles. The van der Waals surface area contributed by atoms with Gasteiger partial charge in [0.1, 0.15) is 6.07 Å². The van der Waals surface area contributed by atoms with E-state index in [2.05, 4.69) is 17.9 Å². The Balaban J connectivity index is 2.53. The number of nitrogens with zero attached hydrogens (tertiary/aromatic N) is 2. The van der Waals surface area contributed by atoms with Gasteiger partial charge in [0.15, 0.2) is 0 Å². The van der Waals surface area contributed by atoms with Gasteiger partial charge in [0.2, 0.25) is 0 Å². The molecule has 1 aromatic rings. The van der Waals surface area contributed by atoms with Crippen LogP contribution in [0.5, 0.6) is 0 Å². The van der Waals surface area contributed by atoms with Crippen molar-refractivity contribution in [2.75, 3.05) is 19.7 Å². The van der Waals surface area contributed by atoms with Crippen molar-refractivity contribution < 1.29 is 5.11 Å². The highest BCUT2D eigenvalue weighted by Crippen LogP contribution is 2.16. The SMILES string of the molecule is CCCN(CCO)Cc1cc(C#N)cs1. The van der Waals surface area contributed by atoms with Crippen LogP contribution in [0.1, 0.15) is 23.8 Å². The third-order valence-electron chi connectivity index (χ3n) is 2.12. The summed E-state index contributed by atoms with van der Waals surface area (Å²) in [6, 6.07) is 4.05. The number of nitriles is 1. The molecule has 1 rings (SSSR count). The fraction of sp³-hybridized carbons (Fsp3) is 0.545. The fourth-order valence-corrected chi connectivity index (χ4v) is 2.32. The molecule has 0 radical (unpaired) electrons. The second-order valence-electron chi connectivity index (χ2n) is 3.41. The number of hydrogen-bond acceptors (Lipinski definition) is 4. The van der Waals surface area contributed by atoms with E-state index in [4.69, 9.17) is 10.4 Å². The van der Waals surface area contributed by atoms with E-state index in [0.29, 0.717) is 6.54 Å². The van der Waals surface area contributed by atoms with Crippen molar-refractivity contribution in [3.63, 3.8) is 0 Å². The summed E-state index contributed by atoms with van der Waals surface area (Å²) in [5.41, 5.74) is 0.732. The van der Waals surface area contributed by atoms with Crippen LogP contribution in [-0.2, 0) is 6.54 Å². The summed E-state index contributed by atoms with van der Waals surface area (Å²) < 4.78 is 0. The smallest absolute Gasteiger partial charge is 0.100 e. The van der Waals surface area contributed by atoms with Gasteiger partial charge in [-0.3, -0.25) is 4.90 Å². The number of aliphatic hydroxyl groups is 1. The maximum absolute atomic E-state index is 8.90. The molecule has 15 heavy (non-hydrogen) atoms. The van der Waals surface area contributed by atoms with Gasteiger partial charge >= 0.3 is 0 Å². The van der Waals surface area contributed by atoms with Crippen LogP contribution in [0.15, 0.2) is 11.4 Å². The average molecular weight is 224 g/mol. The van der Waals surface area contributed by atoms with E-state index >= 15 is 0 Å². The second-order valence-corrected chi connectivity index (χ2v) is 4.41. The molecule has 0 bridgehead atoms. The van der Waals surface area contributed by atoms with Crippen LogP contribution < -0.4 is 0 Å². The Morgan fingerprint density at radius 2 is 2.33 bits per heavy atom. The summed E-state index contributed by atoms with van der Waals surface area (Å²) in [5.74, 6) is 0. The second kappa shape index (κ2) is 6.57. The van der Waals surface area contributed by atoms with Crippen LogP contribution in [0.4, 0.5) is 0 Å². The monoisotopic (exact) mass is 224 g/mol. The third kappa shape index (κ3) is 4.00. The predicted molar refractivity (Wildman–Crippen MR) is 61.7 cm³/mol. The minimum atomic E-state index is 0.191. The van der Waals surface area contributed by atoms with Gasteiger partial charge in [-0.15, -0.1) is 11.3 Å². The highest BCUT2D eigenvalue weighted by Gasteiger charge is 2.06. The molecule has 0 aromatic carbocycles. The number of aliphatic hydroxyl groups excluding tert-OH is 1. The molecule has 0 fully saturated rings. The van der Waals surface area contributed by atoms with Crippen molar-refractivity contribution in [1.82, 2.24) is 4.90 Å². The summed E-state index contributed by atoms with van der Waals surface area (Å²) in [6.07, 6.45) is 1.08. The van der Waals surface area contributed by atoms with Crippen molar-refractivity contribution in [3.05, 3.63) is 21.9 Å². The highest BCUT2D eigenvalue weighted by atomic mass is 32.1. The molecule has 3 nitrogen and oxygen atoms in total. The Morgan fingerprint density at radius 3 is 2.87 bits per heavy atom. The van der Waals surface area contributed by atoms with Crippen molar-refractivity contribution in [1.29, 1.82) is 5.26 Å². The topological polar surface area (TPSA) is 47.3 Å². The molecule has 0 aliphatic rings. The van der Waals surface area contributed by atoms with E-state index in [0.717, 1.165) is 25.1 Å². The third-order valence-corrected chi connectivity index (χ3v) is 3.04. The number of thiophene rings is 1. The zero-order chi connectivity index (χ0) is 11.1. The summed E-state index contributed by atoms with van der Waals surface area (Å²) in [6.45, 7) is 4.84. The number of rotatable bonds is 6. The molecule has 0 saturated carbocycles. The van der Waals surface area contributed by atoms with Crippen LogP contribution in [0, 0.1) is 11.3 Å². The minimum Gasteiger partial charge on any atom is -0.395 e. The van der Waals surface area contributed by atoms with Crippen LogP contribution in [0.2, 0.25) is 0 Å². The lowest BCUT2D eigenvalue weighted by atomic mass is 10.3. The van der Waals surface area contributed by atoms with E-state index in [1.165, 1.54) is 4.88 Å². The Bertz CT molecular complexity index is 324. The predicted octanol–water partition coefficient (Wildman–Crippen LogP) is 1.82. The summed E-state index contributed by atoms with van der Waals surface area (Å²) in [7, 11) is 0. The van der Waals surface area contributed by atoms with Crippen LogP contribution in [-0.4, -0.2) is 29.7 Å². The molecule has 0 atom stereocenters. The Morgan fingerprint density at radius 1 is 1.53 bits per heavy atom. The minimum absolute atomic E-state index is 0.191. The zero-order valence-corrected chi connectivity index (χ0v) is 9.76. The maximum atomic E-state index is 8.90. The molecule has 0 saturated heterocycles. The first-order valence-corrected chi connectivity index (χ1v) is 5.98. The van der Waals surface area contributed by atoms with Crippen molar-refractivity contribution in [3.8, 4) is 6.07 Å². The summed E-state index contributed by atoms with van der Waals surface area (Å²) in [4.78, 5) is 3.39.